The van der Waals surface area contributed by atoms with Crippen LogP contribution in [0.4, 0.5) is 0 Å². The van der Waals surface area contributed by atoms with Crippen LogP contribution in [-0.2, 0) is 19.5 Å². The van der Waals surface area contributed by atoms with Crippen molar-refractivity contribution < 1.29 is 28.4 Å². The molecule has 2 heterocycles. The fourth-order valence-electron chi connectivity index (χ4n) is 5.80. The molecule has 0 fully saturated rings. The van der Waals surface area contributed by atoms with Crippen molar-refractivity contribution in [3.8, 4) is 0 Å². The average molecular weight is 1130 g/mol. The largest absolute Gasteiger partial charge is 0 e. The van der Waals surface area contributed by atoms with Crippen LogP contribution in [0.5, 0.6) is 0 Å². The predicted molar refractivity (Wildman–Crippen MR) is 246 cm³/mol. The van der Waals surface area contributed by atoms with Gasteiger partial charge in [0.05, 0.1) is 52.4 Å². The number of nitrogens with zero attached hydrogens (tertiary/aromatic N) is 2. The van der Waals surface area contributed by atoms with E-state index in [0.29, 0.717) is 0 Å². The number of rotatable bonds is 24. The Kier molecular flexibility index (Phi) is 44.3. The molecule has 0 spiro atoms. The van der Waals surface area contributed by atoms with Crippen LogP contribution in [0.1, 0.15) is 158 Å². The van der Waals surface area contributed by atoms with E-state index in [2.05, 4.69) is 119 Å². The molecule has 4 radical (unpaired) electrons. The first kappa shape index (κ1) is 58.5. The summed E-state index contributed by atoms with van der Waals surface area (Å²) >= 11 is 28.0. The van der Waals surface area contributed by atoms with Gasteiger partial charge in [-0.15, -0.1) is 0 Å². The van der Waals surface area contributed by atoms with Gasteiger partial charge < -0.3 is 8.97 Å². The molecule has 0 saturated carbocycles. The zero-order chi connectivity index (χ0) is 38.3. The maximum absolute atomic E-state index is 4.92. The Hall–Kier alpha value is 3.16. The van der Waals surface area contributed by atoms with Crippen molar-refractivity contribution in [2.24, 2.45) is 0 Å². The van der Waals surface area contributed by atoms with Crippen LogP contribution in [-0.4, -0.2) is 125 Å². The summed E-state index contributed by atoms with van der Waals surface area (Å²) in [6.07, 6.45) is 22.1. The second-order valence-corrected chi connectivity index (χ2v) is 25.6. The van der Waals surface area contributed by atoms with Crippen molar-refractivity contribution in [3.63, 3.8) is 0 Å². The number of hydrogen-bond donors (Lipinski definition) is 0. The summed E-state index contributed by atoms with van der Waals surface area (Å²) in [7, 11) is 0. The van der Waals surface area contributed by atoms with Gasteiger partial charge >= 0.3 is 155 Å². The van der Waals surface area contributed by atoms with Gasteiger partial charge in [0, 0.05) is 19.5 Å². The second kappa shape index (κ2) is 38.7. The maximum atomic E-state index is 4.92. The first-order valence-corrected chi connectivity index (χ1v) is 27.1. The van der Waals surface area contributed by atoms with Gasteiger partial charge in [-0.25, -0.2) is 0 Å². The summed E-state index contributed by atoms with van der Waals surface area (Å²) in [5.41, 5.74) is 0. The van der Waals surface area contributed by atoms with Gasteiger partial charge in [-0.3, -0.25) is 0 Å². The SMILES string of the molecule is CCCC[N+](CCCC)(CCCC)CCCC.CCCC[N+](CCCC)(CCCC)CCCC.S=c1sc([Se])c([Se])s1.S=c1sc([Se])c([Se])s1.[Zn]. The average Bonchev–Trinajstić information content (AvgIpc) is 3.57. The molecule has 51 heavy (non-hydrogen) atoms. The van der Waals surface area contributed by atoms with E-state index < -0.39 is 0 Å². The standard InChI is InChI=1S/2C16H36N.2C3S3Se2.Zn/c2*1-5-9-13-17(14-10-6-2,15-11-7-3)16-12-8-4;2*4-3-5-1(7)2(8)6-3;/h2*5-16H2,1-4H3;;;/q2*+1;;;. The summed E-state index contributed by atoms with van der Waals surface area (Å²) in [6, 6.07) is 0. The molecule has 0 aliphatic heterocycles. The van der Waals surface area contributed by atoms with Gasteiger partial charge in [-0.05, 0) is 51.4 Å². The molecular formula is C38H72N2S6Se4Zn+2. The van der Waals surface area contributed by atoms with E-state index in [9.17, 15) is 0 Å². The fraction of sp³-hybridized carbons (Fsp3) is 0.842. The monoisotopic (exact) mass is 1130 g/mol. The van der Waals surface area contributed by atoms with Gasteiger partial charge in [0.1, 0.15) is 0 Å². The molecule has 294 valence electrons. The molecule has 0 aliphatic carbocycles. The van der Waals surface area contributed by atoms with E-state index in [1.54, 1.807) is 45.3 Å². The molecule has 2 aromatic heterocycles. The van der Waals surface area contributed by atoms with Gasteiger partial charge in [0.15, 0.2) is 0 Å². The Morgan fingerprint density at radius 3 is 0.569 bits per heavy atom. The van der Waals surface area contributed by atoms with E-state index in [0.717, 1.165) is 6.28 Å². The quantitative estimate of drug-likeness (QED) is 0.0584. The molecule has 0 unspecified atom stereocenters. The first-order valence-electron chi connectivity index (χ1n) is 19.5. The second-order valence-electron chi connectivity index (χ2n) is 13.4. The zero-order valence-corrected chi connectivity index (χ0v) is 48.4. The summed E-state index contributed by atoms with van der Waals surface area (Å²) < 4.78 is 9.52. The molecule has 0 amide bonds. The Morgan fingerprint density at radius 1 is 0.353 bits per heavy atom. The van der Waals surface area contributed by atoms with E-state index in [4.69, 9.17) is 24.4 Å². The van der Waals surface area contributed by atoms with E-state index in [1.807, 2.05) is 0 Å². The minimum absolute atomic E-state index is 0. The van der Waals surface area contributed by atoms with E-state index >= 15 is 0 Å². The third-order valence-corrected chi connectivity index (χ3v) is 19.7. The van der Waals surface area contributed by atoms with Gasteiger partial charge in [0.2, 0.25) is 0 Å². The van der Waals surface area contributed by atoms with Crippen LogP contribution in [0.3, 0.4) is 0 Å². The topological polar surface area (TPSA) is 0 Å². The molecule has 0 saturated heterocycles. The molecule has 2 nitrogen and oxygen atoms in total. The molecule has 0 aromatic carbocycles. The maximum Gasteiger partial charge on any atom is 0 e. The number of quaternary nitrogens is 2. The Morgan fingerprint density at radius 2 is 0.490 bits per heavy atom. The normalized spacial score (nSPS) is 11.0. The van der Waals surface area contributed by atoms with Crippen LogP contribution in [0, 0.1) is 6.28 Å². The summed E-state index contributed by atoms with van der Waals surface area (Å²) in [6.45, 7) is 30.0. The number of hydrogen-bond acceptors (Lipinski definition) is 6. The molecule has 0 atom stereocenters. The van der Waals surface area contributed by atoms with Crippen LogP contribution in [0.2, 0.25) is 0 Å². The van der Waals surface area contributed by atoms with Crippen molar-refractivity contribution in [2.45, 2.75) is 158 Å². The third-order valence-electron chi connectivity index (χ3n) is 8.93. The van der Waals surface area contributed by atoms with Crippen molar-refractivity contribution in [1.29, 1.82) is 0 Å². The van der Waals surface area contributed by atoms with Crippen molar-refractivity contribution in [3.05, 3.63) is 6.28 Å². The van der Waals surface area contributed by atoms with Gasteiger partial charge in [-0.1, -0.05) is 107 Å². The van der Waals surface area contributed by atoms with Crippen LogP contribution < -0.4 is 15.1 Å². The number of unbranched alkanes of at least 4 members (excludes halogenated alkanes) is 8. The molecule has 0 bridgehead atoms. The van der Waals surface area contributed by atoms with Gasteiger partial charge in [0.25, 0.3) is 0 Å². The Balaban J connectivity index is -0.000000630. The first-order chi connectivity index (χ1) is 23.9. The molecule has 0 aliphatic rings. The summed E-state index contributed by atoms with van der Waals surface area (Å²) in [5, 5.41) is 0. The smallest absolute Gasteiger partial charge is 0 e. The van der Waals surface area contributed by atoms with Crippen molar-refractivity contribution in [2.75, 3.05) is 52.4 Å². The van der Waals surface area contributed by atoms with Crippen LogP contribution >= 0.6 is 69.8 Å². The van der Waals surface area contributed by atoms with E-state index in [1.165, 1.54) is 179 Å². The van der Waals surface area contributed by atoms with E-state index in [-0.39, 0.29) is 19.5 Å². The molecule has 13 heteroatoms. The predicted octanol–water partition coefficient (Wildman–Crippen LogP) is 10.3. The third kappa shape index (κ3) is 30.8. The molecular weight excluding hydrogens is 1060 g/mol. The molecule has 2 rings (SSSR count). The summed E-state index contributed by atoms with van der Waals surface area (Å²) in [5.74, 6) is 0. The van der Waals surface area contributed by atoms with Crippen LogP contribution in [0.25, 0.3) is 0 Å². The van der Waals surface area contributed by atoms with Crippen molar-refractivity contribution >= 4 is 149 Å². The van der Waals surface area contributed by atoms with Crippen LogP contribution in [0.15, 0.2) is 0 Å². The zero-order valence-electron chi connectivity index (χ0n) is 33.7. The minimum atomic E-state index is 0. The summed E-state index contributed by atoms with van der Waals surface area (Å²) in [4.78, 5) is 0. The minimum Gasteiger partial charge on any atom is 0 e. The van der Waals surface area contributed by atoms with Gasteiger partial charge in [-0.2, -0.15) is 0 Å². The fourth-order valence-corrected chi connectivity index (χ4v) is 15.6. The Bertz CT molecular complexity index is 946. The Labute approximate surface area is 389 Å². The van der Waals surface area contributed by atoms with Crippen molar-refractivity contribution in [1.82, 2.24) is 0 Å². The molecule has 2 aromatic rings. The molecule has 0 N–H and O–H groups in total.